The van der Waals surface area contributed by atoms with Gasteiger partial charge in [-0.2, -0.15) is 0 Å². The summed E-state index contributed by atoms with van der Waals surface area (Å²) in [5, 5.41) is 11.3. The van der Waals surface area contributed by atoms with Crippen LogP contribution in [0.5, 0.6) is 0 Å². The molecule has 1 aromatic carbocycles. The minimum Gasteiger partial charge on any atom is -0.395 e. The summed E-state index contributed by atoms with van der Waals surface area (Å²) in [7, 11) is 0. The van der Waals surface area contributed by atoms with Gasteiger partial charge in [0.1, 0.15) is 0 Å². The molecule has 1 amide bonds. The number of amides is 1. The van der Waals surface area contributed by atoms with Crippen LogP contribution in [0, 0.1) is 0 Å². The molecule has 0 saturated heterocycles. The van der Waals surface area contributed by atoms with E-state index in [1.807, 2.05) is 0 Å². The zero-order valence-corrected chi connectivity index (χ0v) is 7.66. The van der Waals surface area contributed by atoms with Crippen LogP contribution >= 0.6 is 0 Å². The molecule has 4 nitrogen and oxygen atoms in total. The summed E-state index contributed by atoms with van der Waals surface area (Å²) in [6.07, 6.45) is 0. The predicted octanol–water partition coefficient (Wildman–Crippen LogP) is 0.590. The van der Waals surface area contributed by atoms with Gasteiger partial charge in [-0.25, -0.2) is 0 Å². The van der Waals surface area contributed by atoms with Crippen LogP contribution < -0.4 is 11.1 Å². The Morgan fingerprint density at radius 1 is 1.43 bits per heavy atom. The lowest BCUT2D eigenvalue weighted by atomic mass is 10.2. The third-order valence-corrected chi connectivity index (χ3v) is 1.69. The Kier molecular flexibility index (Phi) is 3.25. The molecular formula is C10H12N2O2. The summed E-state index contributed by atoms with van der Waals surface area (Å²) in [5.41, 5.74) is 6.57. The zero-order chi connectivity index (χ0) is 10.6. The first-order valence-electron chi connectivity index (χ1n) is 4.09. The molecule has 4 heteroatoms. The molecule has 0 unspecified atom stereocenters. The number of aliphatic hydroxyl groups excluding tert-OH is 1. The average Bonchev–Trinajstić information content (AvgIpc) is 2.19. The van der Waals surface area contributed by atoms with Crippen molar-refractivity contribution in [2.75, 3.05) is 5.32 Å². The van der Waals surface area contributed by atoms with E-state index in [0.717, 1.165) is 5.56 Å². The molecule has 4 N–H and O–H groups in total. The third-order valence-electron chi connectivity index (χ3n) is 1.69. The fourth-order valence-electron chi connectivity index (χ4n) is 0.905. The maximum Gasteiger partial charge on any atom is 0.270 e. The number of nitrogens with one attached hydrogen (secondary N) is 1. The monoisotopic (exact) mass is 192 g/mol. The number of nitrogens with two attached hydrogens (primary N) is 1. The van der Waals surface area contributed by atoms with Crippen LogP contribution in [0.15, 0.2) is 36.5 Å². The molecule has 0 radical (unpaired) electrons. The van der Waals surface area contributed by atoms with Crippen molar-refractivity contribution < 1.29 is 9.90 Å². The highest BCUT2D eigenvalue weighted by Gasteiger charge is 2.02. The van der Waals surface area contributed by atoms with Gasteiger partial charge in [0.15, 0.2) is 0 Å². The van der Waals surface area contributed by atoms with E-state index in [0.29, 0.717) is 5.69 Å². The zero-order valence-electron chi connectivity index (χ0n) is 7.66. The van der Waals surface area contributed by atoms with E-state index in [2.05, 4.69) is 11.9 Å². The van der Waals surface area contributed by atoms with Crippen molar-refractivity contribution >= 4 is 11.6 Å². The second-order valence-electron chi connectivity index (χ2n) is 2.83. The number of carbonyl (C=O) groups is 1. The van der Waals surface area contributed by atoms with E-state index in [-0.39, 0.29) is 12.3 Å². The number of hydrogen-bond acceptors (Lipinski definition) is 3. The second-order valence-corrected chi connectivity index (χ2v) is 2.83. The Morgan fingerprint density at radius 3 is 2.43 bits per heavy atom. The van der Waals surface area contributed by atoms with Crippen molar-refractivity contribution in [1.29, 1.82) is 0 Å². The summed E-state index contributed by atoms with van der Waals surface area (Å²) in [4.78, 5) is 11.1. The summed E-state index contributed by atoms with van der Waals surface area (Å²) in [6.45, 7) is 3.29. The topological polar surface area (TPSA) is 75.4 Å². The predicted molar refractivity (Wildman–Crippen MR) is 54.3 cm³/mol. The van der Waals surface area contributed by atoms with Crippen LogP contribution in [0.4, 0.5) is 5.69 Å². The van der Waals surface area contributed by atoms with Gasteiger partial charge in [-0.3, -0.25) is 4.79 Å². The third kappa shape index (κ3) is 2.60. The van der Waals surface area contributed by atoms with Crippen LogP contribution in [0.2, 0.25) is 0 Å². The molecular weight excluding hydrogens is 180 g/mol. The average molecular weight is 192 g/mol. The van der Waals surface area contributed by atoms with Crippen molar-refractivity contribution in [3.8, 4) is 0 Å². The van der Waals surface area contributed by atoms with Crippen LogP contribution in [-0.4, -0.2) is 11.0 Å². The largest absolute Gasteiger partial charge is 0.395 e. The number of carbonyl (C=O) groups excluding carboxylic acids is 1. The first-order chi connectivity index (χ1) is 6.63. The summed E-state index contributed by atoms with van der Waals surface area (Å²) >= 11 is 0. The fraction of sp³-hybridized carbons (Fsp3) is 0.100. The first kappa shape index (κ1) is 10.3. The van der Waals surface area contributed by atoms with Crippen molar-refractivity contribution in [2.45, 2.75) is 6.61 Å². The van der Waals surface area contributed by atoms with Crippen LogP contribution in [-0.2, 0) is 11.4 Å². The highest BCUT2D eigenvalue weighted by molar-refractivity contribution is 6.02. The van der Waals surface area contributed by atoms with E-state index >= 15 is 0 Å². The summed E-state index contributed by atoms with van der Waals surface area (Å²) in [5.74, 6) is -0.415. The van der Waals surface area contributed by atoms with E-state index < -0.39 is 5.91 Å². The summed E-state index contributed by atoms with van der Waals surface area (Å²) in [6, 6.07) is 6.81. The van der Waals surface area contributed by atoms with Crippen LogP contribution in [0.3, 0.4) is 0 Å². The van der Waals surface area contributed by atoms with Gasteiger partial charge in [-0.05, 0) is 17.7 Å². The van der Waals surface area contributed by atoms with Gasteiger partial charge >= 0.3 is 0 Å². The van der Waals surface area contributed by atoms with E-state index in [1.165, 1.54) is 0 Å². The molecule has 1 aromatic rings. The second kappa shape index (κ2) is 4.43. The molecule has 0 fully saturated rings. The van der Waals surface area contributed by atoms with Gasteiger partial charge in [-0.15, -0.1) is 0 Å². The minimum atomic E-state index is -0.415. The molecule has 1 rings (SSSR count). The standard InChI is InChI=1S/C10H12N2O2/c1-7(11)10(14)12-9-4-2-8(6-13)3-5-9/h2-5,13H,1,6,11H2,(H,12,14). The smallest absolute Gasteiger partial charge is 0.270 e. The molecule has 0 aliphatic heterocycles. The molecule has 0 aromatic heterocycles. The Labute approximate surface area is 82.0 Å². The van der Waals surface area contributed by atoms with E-state index in [4.69, 9.17) is 10.8 Å². The Balaban J connectivity index is 2.69. The van der Waals surface area contributed by atoms with Crippen molar-refractivity contribution in [1.82, 2.24) is 0 Å². The molecule has 0 aliphatic carbocycles. The lowest BCUT2D eigenvalue weighted by Crippen LogP contribution is -2.18. The lowest BCUT2D eigenvalue weighted by Gasteiger charge is -2.04. The Hall–Kier alpha value is -1.81. The van der Waals surface area contributed by atoms with Crippen LogP contribution in [0.25, 0.3) is 0 Å². The molecule has 14 heavy (non-hydrogen) atoms. The maximum atomic E-state index is 11.1. The number of rotatable bonds is 3. The van der Waals surface area contributed by atoms with E-state index in [1.54, 1.807) is 24.3 Å². The van der Waals surface area contributed by atoms with Gasteiger partial charge in [0.25, 0.3) is 5.91 Å². The minimum absolute atomic E-state index is 0.0160. The Morgan fingerprint density at radius 2 is 2.00 bits per heavy atom. The van der Waals surface area contributed by atoms with E-state index in [9.17, 15) is 4.79 Å². The highest BCUT2D eigenvalue weighted by Crippen LogP contribution is 2.09. The molecule has 0 bridgehead atoms. The molecule has 0 spiro atoms. The van der Waals surface area contributed by atoms with Crippen molar-refractivity contribution in [3.63, 3.8) is 0 Å². The molecule has 74 valence electrons. The number of benzene rings is 1. The number of hydrogen-bond donors (Lipinski definition) is 3. The molecule has 0 aliphatic rings. The number of anilines is 1. The number of aliphatic hydroxyl groups is 1. The SMILES string of the molecule is C=C(N)C(=O)Nc1ccc(CO)cc1. The van der Waals surface area contributed by atoms with Gasteiger partial charge in [0.05, 0.1) is 12.3 Å². The van der Waals surface area contributed by atoms with Gasteiger partial charge in [-0.1, -0.05) is 18.7 Å². The van der Waals surface area contributed by atoms with Crippen molar-refractivity contribution in [2.24, 2.45) is 5.73 Å². The lowest BCUT2D eigenvalue weighted by molar-refractivity contribution is -0.112. The molecule has 0 heterocycles. The van der Waals surface area contributed by atoms with Gasteiger partial charge < -0.3 is 16.2 Å². The van der Waals surface area contributed by atoms with Gasteiger partial charge in [0.2, 0.25) is 0 Å². The summed E-state index contributed by atoms with van der Waals surface area (Å²) < 4.78 is 0. The van der Waals surface area contributed by atoms with Gasteiger partial charge in [0, 0.05) is 5.69 Å². The van der Waals surface area contributed by atoms with Crippen LogP contribution in [0.1, 0.15) is 5.56 Å². The fourth-order valence-corrected chi connectivity index (χ4v) is 0.905. The maximum absolute atomic E-state index is 11.1. The molecule has 0 saturated carbocycles. The first-order valence-corrected chi connectivity index (χ1v) is 4.09. The highest BCUT2D eigenvalue weighted by atomic mass is 16.3. The Bertz CT molecular complexity index is 344. The molecule has 0 atom stereocenters. The quantitative estimate of drug-likeness (QED) is 0.613. The van der Waals surface area contributed by atoms with Crippen molar-refractivity contribution in [3.05, 3.63) is 42.1 Å². The normalized spacial score (nSPS) is 9.50.